The predicted octanol–water partition coefficient (Wildman–Crippen LogP) is 1.20. The summed E-state index contributed by atoms with van der Waals surface area (Å²) in [5.41, 5.74) is -0.162. The minimum absolute atomic E-state index is 0.0826. The summed E-state index contributed by atoms with van der Waals surface area (Å²) in [6.45, 7) is 2.89. The smallest absolute Gasteiger partial charge is 0.258 e. The van der Waals surface area contributed by atoms with Crippen LogP contribution in [-0.2, 0) is 10.0 Å². The van der Waals surface area contributed by atoms with E-state index in [1.165, 1.54) is 32.0 Å². The molecule has 0 bridgehead atoms. The molecule has 0 radical (unpaired) electrons. The van der Waals surface area contributed by atoms with Crippen LogP contribution in [-0.4, -0.2) is 19.4 Å². The molecular formula is C11H12N2O4S. The summed E-state index contributed by atoms with van der Waals surface area (Å²) in [4.78, 5) is 9.97. The van der Waals surface area contributed by atoms with Gasteiger partial charge in [0, 0.05) is 11.6 Å². The first-order chi connectivity index (χ1) is 8.29. The topological polar surface area (TPSA) is 89.3 Å². The van der Waals surface area contributed by atoms with Crippen molar-refractivity contribution in [3.05, 3.63) is 33.9 Å². The second-order valence-electron chi connectivity index (χ2n) is 3.67. The number of sulfonamides is 1. The van der Waals surface area contributed by atoms with Crippen molar-refractivity contribution in [2.45, 2.75) is 24.8 Å². The van der Waals surface area contributed by atoms with Crippen LogP contribution >= 0.6 is 0 Å². The zero-order valence-corrected chi connectivity index (χ0v) is 10.7. The van der Waals surface area contributed by atoms with Crippen LogP contribution in [0.15, 0.2) is 23.1 Å². The van der Waals surface area contributed by atoms with Crippen LogP contribution in [0.3, 0.4) is 0 Å². The first kappa shape index (κ1) is 14.2. The molecule has 0 aliphatic rings. The van der Waals surface area contributed by atoms with Crippen molar-refractivity contribution in [2.24, 2.45) is 0 Å². The molecule has 1 aromatic carbocycles. The average molecular weight is 268 g/mol. The van der Waals surface area contributed by atoms with Gasteiger partial charge < -0.3 is 0 Å². The second-order valence-corrected chi connectivity index (χ2v) is 5.35. The first-order valence-electron chi connectivity index (χ1n) is 5.02. The highest BCUT2D eigenvalue weighted by atomic mass is 32.2. The maximum atomic E-state index is 12.0. The van der Waals surface area contributed by atoms with Crippen LogP contribution in [0, 0.1) is 29.4 Å². The lowest BCUT2D eigenvalue weighted by Crippen LogP contribution is -2.31. The molecule has 7 heteroatoms. The lowest BCUT2D eigenvalue weighted by Gasteiger charge is -2.11. The molecular weight excluding hydrogens is 256 g/mol. The fourth-order valence-electron chi connectivity index (χ4n) is 1.42. The van der Waals surface area contributed by atoms with Crippen molar-refractivity contribution in [3.63, 3.8) is 0 Å². The van der Waals surface area contributed by atoms with Gasteiger partial charge in [-0.3, -0.25) is 10.1 Å². The number of nitro benzene ring substituents is 1. The molecule has 1 unspecified atom stereocenters. The van der Waals surface area contributed by atoms with Crippen LogP contribution in [0.2, 0.25) is 0 Å². The van der Waals surface area contributed by atoms with E-state index in [9.17, 15) is 18.5 Å². The molecule has 96 valence electrons. The highest BCUT2D eigenvalue weighted by Crippen LogP contribution is 2.24. The van der Waals surface area contributed by atoms with Gasteiger partial charge in [0.05, 0.1) is 15.9 Å². The lowest BCUT2D eigenvalue weighted by molar-refractivity contribution is -0.385. The van der Waals surface area contributed by atoms with Crippen LogP contribution in [0.5, 0.6) is 0 Å². The maximum absolute atomic E-state index is 12.0. The number of benzene rings is 1. The maximum Gasteiger partial charge on any atom is 0.273 e. The van der Waals surface area contributed by atoms with Crippen LogP contribution in [0.25, 0.3) is 0 Å². The number of hydrogen-bond donors (Lipinski definition) is 1. The minimum atomic E-state index is -3.86. The predicted molar refractivity (Wildman–Crippen MR) is 66.4 cm³/mol. The van der Waals surface area contributed by atoms with E-state index in [-0.39, 0.29) is 16.1 Å². The molecule has 0 saturated heterocycles. The summed E-state index contributed by atoms with van der Waals surface area (Å²) in [6, 6.07) is 3.18. The van der Waals surface area contributed by atoms with Gasteiger partial charge >= 0.3 is 0 Å². The van der Waals surface area contributed by atoms with Crippen LogP contribution in [0.4, 0.5) is 5.69 Å². The number of nitrogens with one attached hydrogen (secondary N) is 1. The van der Waals surface area contributed by atoms with E-state index in [4.69, 9.17) is 6.42 Å². The second kappa shape index (κ2) is 5.16. The Morgan fingerprint density at radius 2 is 2.11 bits per heavy atom. The van der Waals surface area contributed by atoms with Crippen LogP contribution < -0.4 is 4.72 Å². The molecule has 1 atom stereocenters. The van der Waals surface area contributed by atoms with Gasteiger partial charge in [-0.25, -0.2) is 8.42 Å². The normalized spacial score (nSPS) is 12.7. The average Bonchev–Trinajstić information content (AvgIpc) is 2.27. The number of hydrogen-bond acceptors (Lipinski definition) is 4. The summed E-state index contributed by atoms with van der Waals surface area (Å²) in [5.74, 6) is 2.22. The van der Waals surface area contributed by atoms with E-state index in [0.717, 1.165) is 0 Å². The molecule has 0 aliphatic carbocycles. The SMILES string of the molecule is C#CC(C)NS(=O)(=O)c1cccc([N+](=O)[O-])c1C. The lowest BCUT2D eigenvalue weighted by atomic mass is 10.2. The van der Waals surface area contributed by atoms with Crippen molar-refractivity contribution in [3.8, 4) is 12.3 Å². The van der Waals surface area contributed by atoms with E-state index in [2.05, 4.69) is 10.6 Å². The van der Waals surface area contributed by atoms with Crippen molar-refractivity contribution in [2.75, 3.05) is 0 Å². The van der Waals surface area contributed by atoms with Gasteiger partial charge in [-0.2, -0.15) is 4.72 Å². The zero-order chi connectivity index (χ0) is 13.9. The summed E-state index contributed by atoms with van der Waals surface area (Å²) < 4.78 is 26.2. The Morgan fingerprint density at radius 3 is 2.61 bits per heavy atom. The monoisotopic (exact) mass is 268 g/mol. The molecule has 18 heavy (non-hydrogen) atoms. The van der Waals surface area contributed by atoms with Crippen LogP contribution in [0.1, 0.15) is 12.5 Å². The van der Waals surface area contributed by atoms with E-state index in [0.29, 0.717) is 0 Å². The molecule has 6 nitrogen and oxygen atoms in total. The number of rotatable bonds is 4. The Labute approximate surface area is 105 Å². The Kier molecular flexibility index (Phi) is 4.06. The van der Waals surface area contributed by atoms with Gasteiger partial charge in [0.15, 0.2) is 0 Å². The van der Waals surface area contributed by atoms with Crippen molar-refractivity contribution < 1.29 is 13.3 Å². The molecule has 0 aromatic heterocycles. The third-order valence-corrected chi connectivity index (χ3v) is 4.01. The highest BCUT2D eigenvalue weighted by molar-refractivity contribution is 7.89. The summed E-state index contributed by atoms with van der Waals surface area (Å²) in [6.07, 6.45) is 5.09. The summed E-state index contributed by atoms with van der Waals surface area (Å²) in [5, 5.41) is 10.7. The fraction of sp³-hybridized carbons (Fsp3) is 0.273. The summed E-state index contributed by atoms with van der Waals surface area (Å²) >= 11 is 0. The third kappa shape index (κ3) is 2.85. The van der Waals surface area contributed by atoms with Gasteiger partial charge in [0.2, 0.25) is 10.0 Å². The Morgan fingerprint density at radius 1 is 1.50 bits per heavy atom. The molecule has 0 spiro atoms. The molecule has 1 rings (SSSR count). The van der Waals surface area contributed by atoms with Gasteiger partial charge in [-0.05, 0) is 19.9 Å². The number of nitrogens with zero attached hydrogens (tertiary/aromatic N) is 1. The quantitative estimate of drug-likeness (QED) is 0.505. The molecule has 1 N–H and O–H groups in total. The minimum Gasteiger partial charge on any atom is -0.258 e. The Balaban J connectivity index is 3.31. The molecule has 0 aliphatic heterocycles. The van der Waals surface area contributed by atoms with Crippen molar-refractivity contribution in [1.82, 2.24) is 4.72 Å². The standard InChI is InChI=1S/C11H12N2O4S/c1-4-8(2)12-18(16,17)11-7-5-6-10(9(11)3)13(14)15/h1,5-8,12H,2-3H3. The first-order valence-corrected chi connectivity index (χ1v) is 6.50. The third-order valence-electron chi connectivity index (χ3n) is 2.32. The number of nitro groups is 1. The number of terminal acetylenes is 1. The Hall–Kier alpha value is -1.91. The molecule has 0 fully saturated rings. The van der Waals surface area contributed by atoms with E-state index in [1.54, 1.807) is 0 Å². The van der Waals surface area contributed by atoms with Gasteiger partial charge in [0.1, 0.15) is 0 Å². The molecule has 0 saturated carbocycles. The molecule has 0 heterocycles. The van der Waals surface area contributed by atoms with Gasteiger partial charge in [-0.15, -0.1) is 6.42 Å². The zero-order valence-electron chi connectivity index (χ0n) is 9.88. The molecule has 0 amide bonds. The highest BCUT2D eigenvalue weighted by Gasteiger charge is 2.23. The van der Waals surface area contributed by atoms with Crippen molar-refractivity contribution >= 4 is 15.7 Å². The van der Waals surface area contributed by atoms with Gasteiger partial charge in [0.25, 0.3) is 5.69 Å². The molecule has 1 aromatic rings. The van der Waals surface area contributed by atoms with Crippen molar-refractivity contribution in [1.29, 1.82) is 0 Å². The largest absolute Gasteiger partial charge is 0.273 e. The van der Waals surface area contributed by atoms with E-state index in [1.807, 2.05) is 0 Å². The van der Waals surface area contributed by atoms with E-state index < -0.39 is 21.0 Å². The summed E-state index contributed by atoms with van der Waals surface area (Å²) in [7, 11) is -3.86. The van der Waals surface area contributed by atoms with Gasteiger partial charge in [-0.1, -0.05) is 12.0 Å². The Bertz CT molecular complexity index is 616. The fourth-order valence-corrected chi connectivity index (χ4v) is 2.85. The van der Waals surface area contributed by atoms with E-state index >= 15 is 0 Å².